The first-order chi connectivity index (χ1) is 8.22. The first-order valence-corrected chi connectivity index (χ1v) is 4.74. The number of hydrogen-bond acceptors (Lipinski definition) is 7. The first-order valence-electron chi connectivity index (χ1n) is 4.74. The van der Waals surface area contributed by atoms with Crippen molar-refractivity contribution in [3.05, 3.63) is 12.4 Å². The molecule has 1 unspecified atom stereocenters. The fourth-order valence-corrected chi connectivity index (χ4v) is 1.26. The molecule has 9 heteroatoms. The van der Waals surface area contributed by atoms with E-state index in [9.17, 15) is 4.79 Å². The summed E-state index contributed by atoms with van der Waals surface area (Å²) in [5.41, 5.74) is 0.472. The van der Waals surface area contributed by atoms with Crippen LogP contribution in [0.3, 0.4) is 0 Å². The second-order valence-corrected chi connectivity index (χ2v) is 3.18. The van der Waals surface area contributed by atoms with Gasteiger partial charge in [0.15, 0.2) is 17.6 Å². The van der Waals surface area contributed by atoms with Crippen LogP contribution in [0.4, 0.5) is 5.82 Å². The number of nitrogens with zero attached hydrogens (tertiary/aromatic N) is 5. The third kappa shape index (κ3) is 2.28. The van der Waals surface area contributed by atoms with Gasteiger partial charge in [0, 0.05) is 7.11 Å². The van der Waals surface area contributed by atoms with Gasteiger partial charge >= 0.3 is 5.97 Å². The number of ether oxygens (including phenoxy) is 1. The monoisotopic (exact) mass is 238 g/mol. The van der Waals surface area contributed by atoms with Gasteiger partial charge in [0.05, 0.1) is 18.9 Å². The zero-order valence-electron chi connectivity index (χ0n) is 8.94. The quantitative estimate of drug-likeness (QED) is 0.683. The maximum Gasteiger partial charge on any atom is 0.334 e. The lowest BCUT2D eigenvalue weighted by Crippen LogP contribution is -2.30. The summed E-state index contributed by atoms with van der Waals surface area (Å²) < 4.78 is 6.20. The third-order valence-corrected chi connectivity index (χ3v) is 2.14. The molecule has 2 heterocycles. The fraction of sp³-hybridized carbons (Fsp3) is 0.375. The molecule has 90 valence electrons. The predicted octanol–water partition coefficient (Wildman–Crippen LogP) is -0.969. The van der Waals surface area contributed by atoms with Crippen LogP contribution in [0.5, 0.6) is 0 Å². The molecular formula is C8H10N6O3. The molecule has 2 aromatic rings. The summed E-state index contributed by atoms with van der Waals surface area (Å²) in [6, 6.07) is 0. The fourth-order valence-electron chi connectivity index (χ4n) is 1.26. The van der Waals surface area contributed by atoms with Crippen LogP contribution in [-0.4, -0.2) is 55.9 Å². The lowest BCUT2D eigenvalue weighted by atomic mass is 10.3. The highest BCUT2D eigenvalue weighted by Crippen LogP contribution is 2.06. The number of nitrogens with one attached hydrogen (secondary N) is 1. The smallest absolute Gasteiger partial charge is 0.334 e. The van der Waals surface area contributed by atoms with Gasteiger partial charge in [-0.15, -0.1) is 5.10 Å². The largest absolute Gasteiger partial charge is 0.479 e. The van der Waals surface area contributed by atoms with Crippen molar-refractivity contribution in [2.45, 2.75) is 6.10 Å². The van der Waals surface area contributed by atoms with Gasteiger partial charge in [-0.25, -0.2) is 4.79 Å². The molecule has 0 aromatic carbocycles. The summed E-state index contributed by atoms with van der Waals surface area (Å²) in [7, 11) is 1.33. The van der Waals surface area contributed by atoms with Crippen molar-refractivity contribution in [1.29, 1.82) is 0 Å². The van der Waals surface area contributed by atoms with Crippen molar-refractivity contribution >= 4 is 17.4 Å². The van der Waals surface area contributed by atoms with E-state index in [4.69, 9.17) is 9.84 Å². The van der Waals surface area contributed by atoms with Gasteiger partial charge in [0.2, 0.25) is 0 Å². The van der Waals surface area contributed by atoms with E-state index < -0.39 is 12.1 Å². The minimum Gasteiger partial charge on any atom is -0.479 e. The van der Waals surface area contributed by atoms with Gasteiger partial charge in [-0.05, 0) is 10.4 Å². The number of carboxylic acids is 1. The molecule has 2 N–H and O–H groups in total. The van der Waals surface area contributed by atoms with Gasteiger partial charge in [0.1, 0.15) is 0 Å². The Kier molecular flexibility index (Phi) is 3.10. The zero-order chi connectivity index (χ0) is 12.3. The molecule has 0 amide bonds. The van der Waals surface area contributed by atoms with Gasteiger partial charge in [-0.1, -0.05) is 0 Å². The third-order valence-electron chi connectivity index (χ3n) is 2.14. The molecule has 0 aliphatic rings. The van der Waals surface area contributed by atoms with Crippen LogP contribution in [0.1, 0.15) is 0 Å². The molecule has 2 aromatic heterocycles. The van der Waals surface area contributed by atoms with E-state index in [0.717, 1.165) is 0 Å². The van der Waals surface area contributed by atoms with Crippen LogP contribution in [0, 0.1) is 0 Å². The lowest BCUT2D eigenvalue weighted by Gasteiger charge is -2.12. The van der Waals surface area contributed by atoms with Crippen LogP contribution in [-0.2, 0) is 9.53 Å². The minimum atomic E-state index is -1.04. The highest BCUT2D eigenvalue weighted by molar-refractivity contribution is 5.73. The van der Waals surface area contributed by atoms with E-state index in [2.05, 4.69) is 25.8 Å². The van der Waals surface area contributed by atoms with Crippen LogP contribution in [0.2, 0.25) is 0 Å². The van der Waals surface area contributed by atoms with E-state index in [0.29, 0.717) is 11.5 Å². The summed E-state index contributed by atoms with van der Waals surface area (Å²) >= 11 is 0. The molecule has 0 aliphatic heterocycles. The molecule has 0 aliphatic carbocycles. The van der Waals surface area contributed by atoms with Crippen LogP contribution in [0.25, 0.3) is 5.65 Å². The molecule has 0 bridgehead atoms. The predicted molar refractivity (Wildman–Crippen MR) is 55.5 cm³/mol. The molecular weight excluding hydrogens is 228 g/mol. The number of rotatable bonds is 5. The number of anilines is 1. The SMILES string of the molecule is COC(CNc1cncc2nnnn12)C(=O)O. The van der Waals surface area contributed by atoms with E-state index in [1.54, 1.807) is 0 Å². The Morgan fingerprint density at radius 2 is 2.47 bits per heavy atom. The van der Waals surface area contributed by atoms with Gasteiger partial charge in [-0.3, -0.25) is 4.98 Å². The highest BCUT2D eigenvalue weighted by atomic mass is 16.5. The van der Waals surface area contributed by atoms with E-state index in [1.165, 1.54) is 24.0 Å². The number of carboxylic acid groups (broad SMARTS) is 1. The van der Waals surface area contributed by atoms with Crippen molar-refractivity contribution in [2.24, 2.45) is 0 Å². The number of aliphatic carboxylic acids is 1. The van der Waals surface area contributed by atoms with E-state index >= 15 is 0 Å². The highest BCUT2D eigenvalue weighted by Gasteiger charge is 2.16. The van der Waals surface area contributed by atoms with Crippen molar-refractivity contribution in [1.82, 2.24) is 25.0 Å². The summed E-state index contributed by atoms with van der Waals surface area (Å²) in [6.07, 6.45) is 2.05. The number of tetrazole rings is 1. The van der Waals surface area contributed by atoms with Gasteiger partial charge < -0.3 is 15.2 Å². The Morgan fingerprint density at radius 1 is 1.65 bits per heavy atom. The molecule has 9 nitrogen and oxygen atoms in total. The van der Waals surface area contributed by atoms with Crippen molar-refractivity contribution in [3.8, 4) is 0 Å². The second kappa shape index (κ2) is 4.70. The maximum atomic E-state index is 10.7. The average molecular weight is 238 g/mol. The van der Waals surface area contributed by atoms with Crippen molar-refractivity contribution in [2.75, 3.05) is 19.0 Å². The number of fused-ring (bicyclic) bond motifs is 1. The maximum absolute atomic E-state index is 10.7. The molecule has 2 rings (SSSR count). The molecule has 0 fully saturated rings. The topological polar surface area (TPSA) is 115 Å². The molecule has 0 radical (unpaired) electrons. The number of hydrogen-bond donors (Lipinski definition) is 2. The first kappa shape index (κ1) is 11.2. The Hall–Kier alpha value is -2.29. The van der Waals surface area contributed by atoms with Gasteiger partial charge in [-0.2, -0.15) is 4.52 Å². The normalized spacial score (nSPS) is 12.5. The van der Waals surface area contributed by atoms with Crippen LogP contribution >= 0.6 is 0 Å². The summed E-state index contributed by atoms with van der Waals surface area (Å²) in [4.78, 5) is 14.7. The molecule has 0 spiro atoms. The lowest BCUT2D eigenvalue weighted by molar-refractivity contribution is -0.147. The zero-order valence-corrected chi connectivity index (χ0v) is 8.94. The van der Waals surface area contributed by atoms with E-state index in [-0.39, 0.29) is 6.54 Å². The standard InChI is InChI=1S/C8H10N6O3/c1-17-5(8(15)16)2-10-6-3-9-4-7-11-12-13-14(6)7/h3-5,10H,2H2,1H3,(H,15,16). The number of aromatic nitrogens is 5. The summed E-state index contributed by atoms with van der Waals surface area (Å²) in [5.74, 6) is -0.548. The Balaban J connectivity index is 2.13. The van der Waals surface area contributed by atoms with Gasteiger partial charge in [0.25, 0.3) is 0 Å². The molecule has 0 saturated heterocycles. The number of carbonyl (C=O) groups is 1. The van der Waals surface area contributed by atoms with E-state index in [1.807, 2.05) is 0 Å². The van der Waals surface area contributed by atoms with Crippen LogP contribution < -0.4 is 5.32 Å². The summed E-state index contributed by atoms with van der Waals surface area (Å²) in [5, 5.41) is 22.6. The summed E-state index contributed by atoms with van der Waals surface area (Å²) in [6.45, 7) is 0.0898. The molecule has 1 atom stereocenters. The van der Waals surface area contributed by atoms with Crippen molar-refractivity contribution < 1.29 is 14.6 Å². The Bertz CT molecular complexity index is 527. The molecule has 0 saturated carbocycles. The van der Waals surface area contributed by atoms with Crippen molar-refractivity contribution in [3.63, 3.8) is 0 Å². The van der Waals surface area contributed by atoms with Crippen LogP contribution in [0.15, 0.2) is 12.4 Å². The number of methoxy groups -OCH3 is 1. The average Bonchev–Trinajstić information content (AvgIpc) is 2.78. The minimum absolute atomic E-state index is 0.0898. The Morgan fingerprint density at radius 3 is 3.18 bits per heavy atom. The Labute approximate surface area is 95.4 Å². The molecule has 17 heavy (non-hydrogen) atoms. The second-order valence-electron chi connectivity index (χ2n) is 3.18.